The zero-order valence-corrected chi connectivity index (χ0v) is 16.2. The molecule has 1 saturated heterocycles. The molecule has 0 spiro atoms. The molecule has 0 unspecified atom stereocenters. The van der Waals surface area contributed by atoms with Crippen LogP contribution in [-0.2, 0) is 4.74 Å². The number of nitrogens with one attached hydrogen (secondary N) is 4. The predicted molar refractivity (Wildman–Crippen MR) is 110 cm³/mol. The highest BCUT2D eigenvalue weighted by Crippen LogP contribution is 2.15. The van der Waals surface area contributed by atoms with Crippen LogP contribution in [0.15, 0.2) is 47.6 Å². The first-order chi connectivity index (χ1) is 13.6. The van der Waals surface area contributed by atoms with Gasteiger partial charge in [-0.25, -0.2) is 9.79 Å². The number of benzene rings is 1. The summed E-state index contributed by atoms with van der Waals surface area (Å²) in [5.41, 5.74) is 2.21. The summed E-state index contributed by atoms with van der Waals surface area (Å²) in [5, 5.41) is 13.9. The molecule has 1 aliphatic rings. The van der Waals surface area contributed by atoms with Crippen LogP contribution in [0.25, 0.3) is 0 Å². The normalized spacial score (nSPS) is 17.3. The van der Waals surface area contributed by atoms with Crippen LogP contribution in [0.4, 0.5) is 10.5 Å². The van der Waals surface area contributed by atoms with E-state index < -0.39 is 0 Å². The van der Waals surface area contributed by atoms with Crippen molar-refractivity contribution in [3.05, 3.63) is 53.9 Å². The number of ether oxygens (including phenoxy) is 1. The third-order valence-corrected chi connectivity index (χ3v) is 4.45. The maximum atomic E-state index is 11.6. The van der Waals surface area contributed by atoms with Gasteiger partial charge in [0, 0.05) is 30.5 Å². The van der Waals surface area contributed by atoms with Crippen molar-refractivity contribution in [2.45, 2.75) is 19.9 Å². The molecule has 4 N–H and O–H groups in total. The van der Waals surface area contributed by atoms with Gasteiger partial charge in [0.1, 0.15) is 0 Å². The van der Waals surface area contributed by atoms with Crippen LogP contribution in [-0.4, -0.2) is 59.9 Å². The standard InChI is InChI=1S/C20H26N6O2/c1-3-22-20(27)24-16-8-6-15(7-9-16)18(21)25-19(17-5-4-10-23-17)26-11-12-28-13-14(26)2/h4-10,14,21,23H,3,11-13H2,1-2H3,(H2,22,24,27)/b21-18?,25-19+/t14-/m1/s1. The number of urea groups is 1. The van der Waals surface area contributed by atoms with Crippen molar-refractivity contribution in [2.75, 3.05) is 31.6 Å². The highest BCUT2D eigenvalue weighted by atomic mass is 16.5. The van der Waals surface area contributed by atoms with Crippen LogP contribution in [0.2, 0.25) is 0 Å². The lowest BCUT2D eigenvalue weighted by Crippen LogP contribution is -2.47. The number of carbonyl (C=O) groups excluding carboxylic acids is 1. The first-order valence-electron chi connectivity index (χ1n) is 9.39. The van der Waals surface area contributed by atoms with E-state index in [-0.39, 0.29) is 17.9 Å². The SMILES string of the molecule is CCNC(=O)Nc1ccc(C(=N)/N=C(\c2ccc[nH]2)N2CCOC[C@H]2C)cc1. The van der Waals surface area contributed by atoms with E-state index in [4.69, 9.17) is 10.1 Å². The summed E-state index contributed by atoms with van der Waals surface area (Å²) in [6, 6.07) is 10.9. The third-order valence-electron chi connectivity index (χ3n) is 4.45. The third kappa shape index (κ3) is 4.77. The highest BCUT2D eigenvalue weighted by molar-refractivity contribution is 6.10. The van der Waals surface area contributed by atoms with Crippen molar-refractivity contribution in [1.82, 2.24) is 15.2 Å². The molecule has 2 amide bonds. The molecule has 1 aromatic carbocycles. The summed E-state index contributed by atoms with van der Waals surface area (Å²) in [4.78, 5) is 21.6. The average Bonchev–Trinajstić information content (AvgIpc) is 3.22. The number of aliphatic imine (C=N–C) groups is 1. The Hall–Kier alpha value is -3.13. The molecule has 2 heterocycles. The fraction of sp³-hybridized carbons (Fsp3) is 0.350. The molecule has 0 radical (unpaired) electrons. The Morgan fingerprint density at radius 2 is 2.14 bits per heavy atom. The summed E-state index contributed by atoms with van der Waals surface area (Å²) in [6.45, 7) is 6.50. The molecule has 0 bridgehead atoms. The molecule has 1 atom stereocenters. The molecule has 1 fully saturated rings. The van der Waals surface area contributed by atoms with Crippen molar-refractivity contribution in [1.29, 1.82) is 5.41 Å². The summed E-state index contributed by atoms with van der Waals surface area (Å²) < 4.78 is 5.53. The molecule has 1 aromatic heterocycles. The second-order valence-corrected chi connectivity index (χ2v) is 6.55. The quantitative estimate of drug-likeness (QED) is 0.482. The Morgan fingerprint density at radius 3 is 2.79 bits per heavy atom. The average molecular weight is 382 g/mol. The number of morpholine rings is 1. The first kappa shape index (κ1) is 19.6. The first-order valence-corrected chi connectivity index (χ1v) is 9.39. The molecule has 148 valence electrons. The fourth-order valence-corrected chi connectivity index (χ4v) is 3.01. The van der Waals surface area contributed by atoms with E-state index in [1.807, 2.05) is 25.3 Å². The minimum atomic E-state index is -0.251. The molecular formula is C20H26N6O2. The van der Waals surface area contributed by atoms with Gasteiger partial charge in [0.05, 0.1) is 24.9 Å². The van der Waals surface area contributed by atoms with Gasteiger partial charge in [-0.1, -0.05) is 0 Å². The lowest BCUT2D eigenvalue weighted by molar-refractivity contribution is 0.0335. The van der Waals surface area contributed by atoms with E-state index in [9.17, 15) is 4.79 Å². The maximum absolute atomic E-state index is 11.6. The second kappa shape index (κ2) is 9.18. The number of H-pyrrole nitrogens is 1. The van der Waals surface area contributed by atoms with Crippen LogP contribution in [0.5, 0.6) is 0 Å². The number of hydrogen-bond acceptors (Lipinski definition) is 3. The summed E-state index contributed by atoms with van der Waals surface area (Å²) in [5.74, 6) is 0.892. The Balaban J connectivity index is 1.80. The molecule has 0 aliphatic carbocycles. The van der Waals surface area contributed by atoms with Gasteiger partial charge in [0.25, 0.3) is 0 Å². The highest BCUT2D eigenvalue weighted by Gasteiger charge is 2.24. The number of amides is 2. The zero-order chi connectivity index (χ0) is 19.9. The van der Waals surface area contributed by atoms with E-state index >= 15 is 0 Å². The van der Waals surface area contributed by atoms with Gasteiger partial charge in [-0.2, -0.15) is 0 Å². The number of aromatic amines is 1. The lowest BCUT2D eigenvalue weighted by Gasteiger charge is -2.35. The van der Waals surface area contributed by atoms with E-state index in [1.54, 1.807) is 24.3 Å². The van der Waals surface area contributed by atoms with Gasteiger partial charge in [-0.15, -0.1) is 0 Å². The van der Waals surface area contributed by atoms with Crippen LogP contribution in [0, 0.1) is 5.41 Å². The van der Waals surface area contributed by atoms with Crippen LogP contribution in [0.3, 0.4) is 0 Å². The number of rotatable bonds is 4. The van der Waals surface area contributed by atoms with Gasteiger partial charge >= 0.3 is 6.03 Å². The topological polar surface area (TPSA) is 106 Å². The number of aromatic nitrogens is 1. The lowest BCUT2D eigenvalue weighted by atomic mass is 10.2. The van der Waals surface area contributed by atoms with Crippen molar-refractivity contribution >= 4 is 23.4 Å². The minimum absolute atomic E-state index is 0.160. The van der Waals surface area contributed by atoms with Gasteiger partial charge in [0.15, 0.2) is 11.7 Å². The minimum Gasteiger partial charge on any atom is -0.377 e. The molecule has 8 nitrogen and oxygen atoms in total. The summed E-state index contributed by atoms with van der Waals surface area (Å²) in [7, 11) is 0. The van der Waals surface area contributed by atoms with Crippen molar-refractivity contribution in [3.8, 4) is 0 Å². The van der Waals surface area contributed by atoms with E-state index in [2.05, 4.69) is 32.4 Å². The molecule has 3 rings (SSSR count). The Kier molecular flexibility index (Phi) is 6.44. The Bertz CT molecular complexity index is 829. The Morgan fingerprint density at radius 1 is 1.36 bits per heavy atom. The fourth-order valence-electron chi connectivity index (χ4n) is 3.01. The second-order valence-electron chi connectivity index (χ2n) is 6.55. The summed E-state index contributed by atoms with van der Waals surface area (Å²) in [6.07, 6.45) is 1.85. The number of carbonyl (C=O) groups is 1. The van der Waals surface area contributed by atoms with E-state index in [1.165, 1.54) is 0 Å². The van der Waals surface area contributed by atoms with Crippen molar-refractivity contribution in [3.63, 3.8) is 0 Å². The van der Waals surface area contributed by atoms with E-state index in [0.717, 1.165) is 18.1 Å². The monoisotopic (exact) mass is 382 g/mol. The predicted octanol–water partition coefficient (Wildman–Crippen LogP) is 2.65. The van der Waals surface area contributed by atoms with Crippen molar-refractivity contribution in [2.24, 2.45) is 4.99 Å². The molecule has 1 aliphatic heterocycles. The number of nitrogens with zero attached hydrogens (tertiary/aromatic N) is 2. The van der Waals surface area contributed by atoms with Crippen LogP contribution in [0.1, 0.15) is 25.1 Å². The van der Waals surface area contributed by atoms with Crippen LogP contribution >= 0.6 is 0 Å². The Labute approximate surface area is 164 Å². The largest absolute Gasteiger partial charge is 0.377 e. The van der Waals surface area contributed by atoms with Gasteiger partial charge in [-0.05, 0) is 50.2 Å². The van der Waals surface area contributed by atoms with Gasteiger partial charge < -0.3 is 25.3 Å². The molecule has 28 heavy (non-hydrogen) atoms. The van der Waals surface area contributed by atoms with Gasteiger partial charge in [0.2, 0.25) is 0 Å². The van der Waals surface area contributed by atoms with Gasteiger partial charge in [-0.3, -0.25) is 5.41 Å². The number of amidine groups is 2. The van der Waals surface area contributed by atoms with Crippen LogP contribution < -0.4 is 10.6 Å². The number of hydrogen-bond donors (Lipinski definition) is 4. The maximum Gasteiger partial charge on any atom is 0.319 e. The molecule has 0 saturated carbocycles. The smallest absolute Gasteiger partial charge is 0.319 e. The molecular weight excluding hydrogens is 356 g/mol. The van der Waals surface area contributed by atoms with Crippen molar-refractivity contribution < 1.29 is 9.53 Å². The molecule has 2 aromatic rings. The number of anilines is 1. The molecule has 8 heteroatoms. The zero-order valence-electron chi connectivity index (χ0n) is 16.2. The summed E-state index contributed by atoms with van der Waals surface area (Å²) >= 11 is 0. The van der Waals surface area contributed by atoms with E-state index in [0.29, 0.717) is 31.0 Å².